The number of rotatable bonds is 6. The number of likely N-dealkylation sites (tertiary alicyclic amines) is 1. The summed E-state index contributed by atoms with van der Waals surface area (Å²) in [6.45, 7) is 3.85. The van der Waals surface area contributed by atoms with E-state index in [9.17, 15) is 9.59 Å². The molecule has 2 amide bonds. The molecular formula is C17H27N5O2. The fourth-order valence-corrected chi connectivity index (χ4v) is 3.54. The zero-order valence-corrected chi connectivity index (χ0v) is 14.1. The van der Waals surface area contributed by atoms with E-state index in [-0.39, 0.29) is 17.9 Å². The van der Waals surface area contributed by atoms with E-state index >= 15 is 0 Å². The van der Waals surface area contributed by atoms with E-state index in [1.54, 1.807) is 12.5 Å². The second-order valence-corrected chi connectivity index (χ2v) is 6.79. The minimum atomic E-state index is -0.0264. The summed E-state index contributed by atoms with van der Waals surface area (Å²) in [5.74, 6) is 0.662. The molecular weight excluding hydrogens is 306 g/mol. The summed E-state index contributed by atoms with van der Waals surface area (Å²) in [6, 6.07) is -0.0264. The maximum absolute atomic E-state index is 12.4. The third kappa shape index (κ3) is 4.56. The van der Waals surface area contributed by atoms with Crippen LogP contribution in [0.5, 0.6) is 0 Å². The monoisotopic (exact) mass is 333 g/mol. The van der Waals surface area contributed by atoms with Crippen LogP contribution in [0.15, 0.2) is 18.7 Å². The van der Waals surface area contributed by atoms with Crippen LogP contribution in [-0.4, -0.2) is 58.5 Å². The van der Waals surface area contributed by atoms with E-state index in [4.69, 9.17) is 0 Å². The largest absolute Gasteiger partial charge is 0.354 e. The zero-order chi connectivity index (χ0) is 16.8. The van der Waals surface area contributed by atoms with E-state index < -0.39 is 0 Å². The van der Waals surface area contributed by atoms with E-state index in [1.165, 1.54) is 0 Å². The van der Waals surface area contributed by atoms with Crippen LogP contribution in [0, 0.1) is 5.92 Å². The molecule has 2 atom stereocenters. The van der Waals surface area contributed by atoms with Gasteiger partial charge in [-0.3, -0.25) is 9.59 Å². The maximum atomic E-state index is 12.4. The van der Waals surface area contributed by atoms with Crippen LogP contribution in [0.4, 0.5) is 0 Å². The van der Waals surface area contributed by atoms with Gasteiger partial charge in [0.2, 0.25) is 11.8 Å². The summed E-state index contributed by atoms with van der Waals surface area (Å²) < 4.78 is 1.92. The average Bonchev–Trinajstić information content (AvgIpc) is 3.31. The minimum Gasteiger partial charge on any atom is -0.354 e. The van der Waals surface area contributed by atoms with Gasteiger partial charge in [-0.1, -0.05) is 0 Å². The van der Waals surface area contributed by atoms with E-state index in [0.29, 0.717) is 25.4 Å². The van der Waals surface area contributed by atoms with Crippen LogP contribution in [0.25, 0.3) is 0 Å². The van der Waals surface area contributed by atoms with Crippen molar-refractivity contribution in [3.05, 3.63) is 18.7 Å². The van der Waals surface area contributed by atoms with Crippen LogP contribution >= 0.6 is 0 Å². The number of aryl methyl sites for hydroxylation is 1. The summed E-state index contributed by atoms with van der Waals surface area (Å²) >= 11 is 0. The SMILES string of the molecule is O=C(NCC1CCCN(C(=O)CCn2ccnc2)C1)C1CCCN1. The van der Waals surface area contributed by atoms with Gasteiger partial charge in [-0.2, -0.15) is 0 Å². The van der Waals surface area contributed by atoms with Gasteiger partial charge in [-0.25, -0.2) is 4.98 Å². The predicted molar refractivity (Wildman–Crippen MR) is 90.2 cm³/mol. The number of aromatic nitrogens is 2. The first-order valence-corrected chi connectivity index (χ1v) is 8.97. The molecule has 1 aromatic rings. The summed E-state index contributed by atoms with van der Waals surface area (Å²) in [7, 11) is 0. The number of piperidine rings is 1. The molecule has 0 aromatic carbocycles. The molecule has 0 radical (unpaired) electrons. The molecule has 1 aromatic heterocycles. The zero-order valence-electron chi connectivity index (χ0n) is 14.1. The maximum Gasteiger partial charge on any atom is 0.237 e. The Bertz CT molecular complexity index is 539. The summed E-state index contributed by atoms with van der Waals surface area (Å²) in [6.07, 6.45) is 9.92. The molecule has 2 N–H and O–H groups in total. The number of imidazole rings is 1. The lowest BCUT2D eigenvalue weighted by atomic mass is 9.97. The molecule has 7 heteroatoms. The fourth-order valence-electron chi connectivity index (χ4n) is 3.54. The minimum absolute atomic E-state index is 0.0264. The van der Waals surface area contributed by atoms with Crippen molar-refractivity contribution in [3.8, 4) is 0 Å². The average molecular weight is 333 g/mol. The first kappa shape index (κ1) is 17.0. The molecule has 2 fully saturated rings. The van der Waals surface area contributed by atoms with E-state index in [0.717, 1.165) is 45.3 Å². The highest BCUT2D eigenvalue weighted by Crippen LogP contribution is 2.17. The van der Waals surface area contributed by atoms with Gasteiger partial charge < -0.3 is 20.1 Å². The van der Waals surface area contributed by atoms with Crippen LogP contribution in [-0.2, 0) is 16.1 Å². The molecule has 3 heterocycles. The molecule has 2 aliphatic heterocycles. The van der Waals surface area contributed by atoms with Crippen molar-refractivity contribution in [2.75, 3.05) is 26.2 Å². The molecule has 132 valence electrons. The third-order valence-corrected chi connectivity index (χ3v) is 4.96. The van der Waals surface area contributed by atoms with Gasteiger partial charge in [0.05, 0.1) is 12.4 Å². The number of amides is 2. The highest BCUT2D eigenvalue weighted by Gasteiger charge is 2.26. The van der Waals surface area contributed by atoms with Crippen LogP contribution in [0.1, 0.15) is 32.1 Å². The first-order valence-electron chi connectivity index (χ1n) is 8.97. The number of nitrogens with one attached hydrogen (secondary N) is 2. The van der Waals surface area contributed by atoms with Gasteiger partial charge in [0.15, 0.2) is 0 Å². The number of carbonyl (C=O) groups is 2. The number of nitrogens with zero attached hydrogens (tertiary/aromatic N) is 3. The Morgan fingerprint density at radius 2 is 2.21 bits per heavy atom. The van der Waals surface area contributed by atoms with Gasteiger partial charge in [0.25, 0.3) is 0 Å². The van der Waals surface area contributed by atoms with Crippen molar-refractivity contribution in [1.29, 1.82) is 0 Å². The Labute approximate surface area is 142 Å². The Hall–Kier alpha value is -1.89. The molecule has 24 heavy (non-hydrogen) atoms. The normalized spacial score (nSPS) is 24.1. The molecule has 2 aliphatic rings. The Balaban J connectivity index is 1.40. The predicted octanol–water partition coefficient (Wildman–Crippen LogP) is 0.380. The van der Waals surface area contributed by atoms with Crippen molar-refractivity contribution < 1.29 is 9.59 Å². The second kappa shape index (κ2) is 8.28. The van der Waals surface area contributed by atoms with Gasteiger partial charge in [-0.05, 0) is 38.1 Å². The molecule has 2 saturated heterocycles. The molecule has 0 bridgehead atoms. The number of hydrogen-bond acceptors (Lipinski definition) is 4. The lowest BCUT2D eigenvalue weighted by Crippen LogP contribution is -2.46. The van der Waals surface area contributed by atoms with Crippen molar-refractivity contribution in [2.45, 2.75) is 44.7 Å². The smallest absolute Gasteiger partial charge is 0.237 e. The summed E-state index contributed by atoms with van der Waals surface area (Å²) in [5.41, 5.74) is 0. The topological polar surface area (TPSA) is 79.3 Å². The molecule has 7 nitrogen and oxygen atoms in total. The van der Waals surface area contributed by atoms with Gasteiger partial charge in [0.1, 0.15) is 0 Å². The lowest BCUT2D eigenvalue weighted by Gasteiger charge is -2.33. The third-order valence-electron chi connectivity index (χ3n) is 4.96. The molecule has 0 aliphatic carbocycles. The summed E-state index contributed by atoms with van der Waals surface area (Å²) in [4.78, 5) is 30.4. The molecule has 3 rings (SSSR count). The van der Waals surface area contributed by atoms with Crippen LogP contribution < -0.4 is 10.6 Å². The highest BCUT2D eigenvalue weighted by molar-refractivity contribution is 5.82. The molecule has 2 unspecified atom stereocenters. The Kier molecular flexibility index (Phi) is 5.85. The van der Waals surface area contributed by atoms with Gasteiger partial charge in [0, 0.05) is 45.0 Å². The van der Waals surface area contributed by atoms with E-state index in [1.807, 2.05) is 15.7 Å². The van der Waals surface area contributed by atoms with Gasteiger partial charge >= 0.3 is 0 Å². The standard InChI is InChI=1S/C17H27N5O2/c23-16(5-9-21-10-7-18-13-21)22-8-2-3-14(12-22)11-20-17(24)15-4-1-6-19-15/h7,10,13-15,19H,1-6,8-9,11-12H2,(H,20,24). The first-order chi connectivity index (χ1) is 11.7. The second-order valence-electron chi connectivity index (χ2n) is 6.79. The van der Waals surface area contributed by atoms with Crippen LogP contribution in [0.3, 0.4) is 0 Å². The van der Waals surface area contributed by atoms with Crippen molar-refractivity contribution >= 4 is 11.8 Å². The van der Waals surface area contributed by atoms with Crippen molar-refractivity contribution in [2.24, 2.45) is 5.92 Å². The number of hydrogen-bond donors (Lipinski definition) is 2. The quantitative estimate of drug-likeness (QED) is 0.789. The lowest BCUT2D eigenvalue weighted by molar-refractivity contribution is -0.133. The molecule has 0 spiro atoms. The van der Waals surface area contributed by atoms with Crippen molar-refractivity contribution in [1.82, 2.24) is 25.1 Å². The number of carbonyl (C=O) groups excluding carboxylic acids is 2. The Morgan fingerprint density at radius 3 is 2.96 bits per heavy atom. The van der Waals surface area contributed by atoms with Crippen LogP contribution in [0.2, 0.25) is 0 Å². The highest BCUT2D eigenvalue weighted by atomic mass is 16.2. The van der Waals surface area contributed by atoms with Crippen molar-refractivity contribution in [3.63, 3.8) is 0 Å². The van der Waals surface area contributed by atoms with Gasteiger partial charge in [-0.15, -0.1) is 0 Å². The molecule has 0 saturated carbocycles. The van der Waals surface area contributed by atoms with E-state index in [2.05, 4.69) is 15.6 Å². The Morgan fingerprint density at radius 1 is 1.29 bits per heavy atom. The summed E-state index contributed by atoms with van der Waals surface area (Å²) in [5, 5.41) is 6.27. The fraction of sp³-hybridized carbons (Fsp3) is 0.706.